The Kier molecular flexibility index (Phi) is 4.87. The van der Waals surface area contributed by atoms with Gasteiger partial charge < -0.3 is 14.9 Å². The van der Waals surface area contributed by atoms with Crippen molar-refractivity contribution in [1.82, 2.24) is 15.4 Å². The van der Waals surface area contributed by atoms with Gasteiger partial charge in [-0.1, -0.05) is 11.2 Å². The Morgan fingerprint density at radius 1 is 1.48 bits per heavy atom. The Bertz CT molecular complexity index is 728. The number of thiophene rings is 1. The van der Waals surface area contributed by atoms with Crippen molar-refractivity contribution in [2.45, 2.75) is 50.8 Å². The van der Waals surface area contributed by atoms with E-state index in [1.807, 2.05) is 17.5 Å². The van der Waals surface area contributed by atoms with Gasteiger partial charge in [0.25, 0.3) is 0 Å². The summed E-state index contributed by atoms with van der Waals surface area (Å²) in [5.41, 5.74) is 2.11. The van der Waals surface area contributed by atoms with Gasteiger partial charge in [0.1, 0.15) is 11.5 Å². The zero-order valence-corrected chi connectivity index (χ0v) is 14.9. The lowest BCUT2D eigenvalue weighted by atomic mass is 9.92. The molecule has 2 aliphatic rings. The minimum atomic E-state index is -0.230. The van der Waals surface area contributed by atoms with Gasteiger partial charge in [-0.15, -0.1) is 11.3 Å². The molecule has 0 aromatic carbocycles. The Hall–Kier alpha value is -1.70. The third kappa shape index (κ3) is 3.94. The van der Waals surface area contributed by atoms with E-state index in [0.717, 1.165) is 54.1 Å². The van der Waals surface area contributed by atoms with E-state index in [2.05, 4.69) is 15.4 Å². The second-order valence-corrected chi connectivity index (χ2v) is 8.00. The first kappa shape index (κ1) is 16.8. The molecular formula is C18H23N3O3S. The normalized spacial score (nSPS) is 23.6. The molecule has 0 bridgehead atoms. The summed E-state index contributed by atoms with van der Waals surface area (Å²) in [5.74, 6) is 1.04. The van der Waals surface area contributed by atoms with E-state index < -0.39 is 0 Å². The number of carbonyl (C=O) groups is 1. The number of aryl methyl sites for hydroxylation is 1. The number of fused-ring (bicyclic) bond motifs is 1. The molecule has 1 unspecified atom stereocenters. The summed E-state index contributed by atoms with van der Waals surface area (Å²) in [6, 6.07) is 4.10. The molecule has 7 heteroatoms. The van der Waals surface area contributed by atoms with Crippen molar-refractivity contribution in [2.24, 2.45) is 0 Å². The highest BCUT2D eigenvalue weighted by Crippen LogP contribution is 2.26. The molecule has 3 heterocycles. The lowest BCUT2D eigenvalue weighted by Gasteiger charge is -2.23. The minimum Gasteiger partial charge on any atom is -0.392 e. The molecule has 1 aliphatic carbocycles. The molecule has 0 saturated carbocycles. The molecule has 4 rings (SSSR count). The third-order valence-electron chi connectivity index (χ3n) is 5.02. The van der Waals surface area contributed by atoms with Crippen LogP contribution in [0.5, 0.6) is 0 Å². The predicted molar refractivity (Wildman–Crippen MR) is 94.4 cm³/mol. The van der Waals surface area contributed by atoms with Crippen LogP contribution in [-0.4, -0.2) is 46.3 Å². The zero-order valence-electron chi connectivity index (χ0n) is 14.1. The summed E-state index contributed by atoms with van der Waals surface area (Å²) < 4.78 is 5.51. The molecule has 6 nitrogen and oxygen atoms in total. The molecule has 25 heavy (non-hydrogen) atoms. The molecule has 2 atom stereocenters. The predicted octanol–water partition coefficient (Wildman–Crippen LogP) is 1.52. The van der Waals surface area contributed by atoms with Crippen molar-refractivity contribution in [3.63, 3.8) is 0 Å². The summed E-state index contributed by atoms with van der Waals surface area (Å²) in [5, 5.41) is 19.1. The number of amides is 1. The van der Waals surface area contributed by atoms with E-state index in [-0.39, 0.29) is 18.1 Å². The standard InChI is InChI=1S/C18H23N3O3S/c22-13-5-6-21(10-13)11-16-15-8-12(3-4-17(15)24-20-16)19-18(23)9-14-2-1-7-25-14/h1-2,7,12-13,22H,3-6,8-11H2,(H,19,23)/t12?,13-/m1/s1. The first-order valence-corrected chi connectivity index (χ1v) is 9.74. The number of aliphatic hydroxyl groups is 1. The van der Waals surface area contributed by atoms with Crippen LogP contribution < -0.4 is 5.32 Å². The molecule has 0 radical (unpaired) electrons. The van der Waals surface area contributed by atoms with Crippen LogP contribution in [0.1, 0.15) is 34.7 Å². The fourth-order valence-electron chi connectivity index (χ4n) is 3.73. The Morgan fingerprint density at radius 3 is 3.16 bits per heavy atom. The smallest absolute Gasteiger partial charge is 0.225 e. The van der Waals surface area contributed by atoms with E-state index in [9.17, 15) is 9.90 Å². The maximum absolute atomic E-state index is 12.2. The number of rotatable bonds is 5. The van der Waals surface area contributed by atoms with Crippen LogP contribution in [0.4, 0.5) is 0 Å². The third-order valence-corrected chi connectivity index (χ3v) is 5.90. The van der Waals surface area contributed by atoms with Gasteiger partial charge in [-0.3, -0.25) is 9.69 Å². The number of likely N-dealkylation sites (tertiary alicyclic amines) is 1. The number of carbonyl (C=O) groups excluding carboxylic acids is 1. The molecule has 1 aliphatic heterocycles. The first-order valence-electron chi connectivity index (χ1n) is 8.86. The van der Waals surface area contributed by atoms with Crippen LogP contribution in [0.25, 0.3) is 0 Å². The maximum Gasteiger partial charge on any atom is 0.225 e. The number of hydrogen-bond donors (Lipinski definition) is 2. The molecule has 1 fully saturated rings. The van der Waals surface area contributed by atoms with Crippen LogP contribution in [0.15, 0.2) is 22.0 Å². The number of nitrogens with zero attached hydrogens (tertiary/aromatic N) is 2. The molecule has 2 aromatic rings. The van der Waals surface area contributed by atoms with Crippen LogP contribution in [0.3, 0.4) is 0 Å². The highest BCUT2D eigenvalue weighted by molar-refractivity contribution is 7.10. The van der Waals surface area contributed by atoms with Gasteiger partial charge in [0.15, 0.2) is 0 Å². The highest BCUT2D eigenvalue weighted by atomic mass is 32.1. The van der Waals surface area contributed by atoms with Gasteiger partial charge in [-0.25, -0.2) is 0 Å². The number of aromatic nitrogens is 1. The fourth-order valence-corrected chi connectivity index (χ4v) is 4.43. The lowest BCUT2D eigenvalue weighted by molar-refractivity contribution is -0.121. The number of hydrogen-bond acceptors (Lipinski definition) is 6. The van der Waals surface area contributed by atoms with Crippen molar-refractivity contribution in [2.75, 3.05) is 13.1 Å². The van der Waals surface area contributed by atoms with Crippen molar-refractivity contribution in [3.8, 4) is 0 Å². The molecule has 1 amide bonds. The van der Waals surface area contributed by atoms with Gasteiger partial charge >= 0.3 is 0 Å². The SMILES string of the molecule is O=C(Cc1cccs1)NC1CCc2onc(CN3CC[C@@H](O)C3)c2C1. The first-order chi connectivity index (χ1) is 12.2. The molecule has 2 aromatic heterocycles. The Balaban J connectivity index is 1.37. The zero-order chi connectivity index (χ0) is 17.2. The van der Waals surface area contributed by atoms with Crippen molar-refractivity contribution >= 4 is 17.2 Å². The summed E-state index contributed by atoms with van der Waals surface area (Å²) in [6.45, 7) is 2.30. The van der Waals surface area contributed by atoms with Crippen molar-refractivity contribution in [1.29, 1.82) is 0 Å². The monoisotopic (exact) mass is 361 g/mol. The summed E-state index contributed by atoms with van der Waals surface area (Å²) >= 11 is 1.61. The topological polar surface area (TPSA) is 78.6 Å². The van der Waals surface area contributed by atoms with Crippen molar-refractivity contribution < 1.29 is 14.4 Å². The van der Waals surface area contributed by atoms with E-state index in [1.165, 1.54) is 0 Å². The maximum atomic E-state index is 12.2. The average molecular weight is 361 g/mol. The number of β-amino-alcohol motifs (C(OH)–C–C–N with tert-alkyl or cyclic N) is 1. The molecular weight excluding hydrogens is 338 g/mol. The second kappa shape index (κ2) is 7.27. The average Bonchev–Trinajstić information content (AvgIpc) is 3.31. The van der Waals surface area contributed by atoms with E-state index in [4.69, 9.17) is 4.52 Å². The van der Waals surface area contributed by atoms with Gasteiger partial charge in [-0.05, 0) is 30.7 Å². The lowest BCUT2D eigenvalue weighted by Crippen LogP contribution is -2.39. The van der Waals surface area contributed by atoms with Crippen LogP contribution in [-0.2, 0) is 30.6 Å². The van der Waals surface area contributed by atoms with Crippen LogP contribution in [0, 0.1) is 0 Å². The number of nitrogens with one attached hydrogen (secondary N) is 1. The Morgan fingerprint density at radius 2 is 2.40 bits per heavy atom. The molecule has 2 N–H and O–H groups in total. The fraction of sp³-hybridized carbons (Fsp3) is 0.556. The summed E-state index contributed by atoms with van der Waals surface area (Å²) in [7, 11) is 0. The van der Waals surface area contributed by atoms with Gasteiger partial charge in [0, 0.05) is 42.5 Å². The summed E-state index contributed by atoms with van der Waals surface area (Å²) in [6.07, 6.45) is 3.52. The van der Waals surface area contributed by atoms with Gasteiger partial charge in [0.05, 0.1) is 12.5 Å². The Labute approximate surface area is 150 Å². The van der Waals surface area contributed by atoms with Crippen molar-refractivity contribution in [3.05, 3.63) is 39.4 Å². The second-order valence-electron chi connectivity index (χ2n) is 6.97. The molecule has 0 spiro atoms. The minimum absolute atomic E-state index is 0.0802. The van der Waals surface area contributed by atoms with Gasteiger partial charge in [0.2, 0.25) is 5.91 Å². The van der Waals surface area contributed by atoms with E-state index in [0.29, 0.717) is 19.5 Å². The van der Waals surface area contributed by atoms with E-state index >= 15 is 0 Å². The summed E-state index contributed by atoms with van der Waals surface area (Å²) in [4.78, 5) is 15.5. The number of aliphatic hydroxyl groups excluding tert-OH is 1. The molecule has 134 valence electrons. The van der Waals surface area contributed by atoms with Crippen LogP contribution >= 0.6 is 11.3 Å². The van der Waals surface area contributed by atoms with Crippen LogP contribution in [0.2, 0.25) is 0 Å². The quantitative estimate of drug-likeness (QED) is 0.844. The van der Waals surface area contributed by atoms with E-state index in [1.54, 1.807) is 11.3 Å². The highest BCUT2D eigenvalue weighted by Gasteiger charge is 2.29. The largest absolute Gasteiger partial charge is 0.392 e. The molecule has 1 saturated heterocycles. The van der Waals surface area contributed by atoms with Gasteiger partial charge in [-0.2, -0.15) is 0 Å².